The second-order valence-electron chi connectivity index (χ2n) is 6.23. The zero-order valence-electron chi connectivity index (χ0n) is 15.4. The van der Waals surface area contributed by atoms with Crippen molar-refractivity contribution in [3.63, 3.8) is 0 Å². The number of aromatic nitrogens is 4. The smallest absolute Gasteiger partial charge is 0.251 e. The van der Waals surface area contributed by atoms with Gasteiger partial charge in [-0.1, -0.05) is 11.8 Å². The van der Waals surface area contributed by atoms with Gasteiger partial charge >= 0.3 is 0 Å². The summed E-state index contributed by atoms with van der Waals surface area (Å²) in [5, 5.41) is 12.0. The molecule has 0 radical (unpaired) electrons. The minimum absolute atomic E-state index is 0.233. The molecule has 2 heterocycles. The molecule has 1 aromatic carbocycles. The van der Waals surface area contributed by atoms with E-state index in [1.165, 1.54) is 36.0 Å². The van der Waals surface area contributed by atoms with Gasteiger partial charge in [0.25, 0.3) is 5.91 Å². The Balaban J connectivity index is 1.73. The summed E-state index contributed by atoms with van der Waals surface area (Å²) in [6.07, 6.45) is 3.65. The number of nitrogens with zero attached hydrogens (tertiary/aromatic N) is 4. The van der Waals surface area contributed by atoms with Crippen molar-refractivity contribution in [3.8, 4) is 0 Å². The molecule has 7 nitrogen and oxygen atoms in total. The Morgan fingerprint density at radius 1 is 1.26 bits per heavy atom. The SMILES string of the molecule is CSc1nc(NC(C)C)c2cnn(CCNC(=O)c3ccc(F)cc3)c2n1. The van der Waals surface area contributed by atoms with Crippen LogP contribution in [0.4, 0.5) is 10.2 Å². The van der Waals surface area contributed by atoms with Gasteiger partial charge in [-0.3, -0.25) is 4.79 Å². The second kappa shape index (κ2) is 8.34. The van der Waals surface area contributed by atoms with E-state index in [0.717, 1.165) is 11.2 Å². The average molecular weight is 388 g/mol. The van der Waals surface area contributed by atoms with Crippen molar-refractivity contribution in [2.24, 2.45) is 0 Å². The number of benzene rings is 1. The van der Waals surface area contributed by atoms with Crippen molar-refractivity contribution in [2.45, 2.75) is 31.6 Å². The van der Waals surface area contributed by atoms with E-state index in [0.29, 0.717) is 29.5 Å². The van der Waals surface area contributed by atoms with E-state index in [9.17, 15) is 9.18 Å². The molecule has 27 heavy (non-hydrogen) atoms. The lowest BCUT2D eigenvalue weighted by molar-refractivity contribution is 0.0952. The van der Waals surface area contributed by atoms with Crippen LogP contribution < -0.4 is 10.6 Å². The Morgan fingerprint density at radius 2 is 2.00 bits per heavy atom. The number of hydrogen-bond donors (Lipinski definition) is 2. The summed E-state index contributed by atoms with van der Waals surface area (Å²) in [5.41, 5.74) is 1.13. The Kier molecular flexibility index (Phi) is 5.90. The maximum Gasteiger partial charge on any atom is 0.251 e. The highest BCUT2D eigenvalue weighted by atomic mass is 32.2. The van der Waals surface area contributed by atoms with Crippen LogP contribution in [0.1, 0.15) is 24.2 Å². The molecule has 0 spiro atoms. The number of carbonyl (C=O) groups excluding carboxylic acids is 1. The van der Waals surface area contributed by atoms with E-state index < -0.39 is 0 Å². The molecule has 3 rings (SSSR count). The summed E-state index contributed by atoms with van der Waals surface area (Å²) in [7, 11) is 0. The van der Waals surface area contributed by atoms with Crippen molar-refractivity contribution in [2.75, 3.05) is 18.1 Å². The molecule has 3 aromatic rings. The summed E-state index contributed by atoms with van der Waals surface area (Å²) < 4.78 is 14.7. The molecule has 1 amide bonds. The maximum absolute atomic E-state index is 12.9. The lowest BCUT2D eigenvalue weighted by Gasteiger charge is -2.11. The predicted octanol–water partition coefficient (Wildman–Crippen LogP) is 2.94. The van der Waals surface area contributed by atoms with Crippen LogP contribution in [0.3, 0.4) is 0 Å². The van der Waals surface area contributed by atoms with Gasteiger partial charge < -0.3 is 10.6 Å². The molecule has 0 bridgehead atoms. The van der Waals surface area contributed by atoms with Gasteiger partial charge in [0.2, 0.25) is 0 Å². The van der Waals surface area contributed by atoms with E-state index in [-0.39, 0.29) is 17.8 Å². The minimum atomic E-state index is -0.371. The zero-order chi connectivity index (χ0) is 19.4. The third kappa shape index (κ3) is 4.54. The van der Waals surface area contributed by atoms with E-state index in [2.05, 4.69) is 25.7 Å². The van der Waals surface area contributed by atoms with Crippen LogP contribution in [0, 0.1) is 5.82 Å². The normalized spacial score (nSPS) is 11.1. The third-order valence-electron chi connectivity index (χ3n) is 3.80. The number of amides is 1. The first kappa shape index (κ1) is 19.1. The number of halogens is 1. The lowest BCUT2D eigenvalue weighted by atomic mass is 10.2. The molecule has 0 aliphatic heterocycles. The molecule has 142 valence electrons. The summed E-state index contributed by atoms with van der Waals surface area (Å²) in [6, 6.07) is 5.67. The van der Waals surface area contributed by atoms with Gasteiger partial charge in [0.15, 0.2) is 10.8 Å². The molecule has 0 saturated carbocycles. The van der Waals surface area contributed by atoms with E-state index in [1.54, 1.807) is 10.9 Å². The summed E-state index contributed by atoms with van der Waals surface area (Å²) in [4.78, 5) is 21.2. The van der Waals surface area contributed by atoms with E-state index in [1.807, 2.05) is 20.1 Å². The summed E-state index contributed by atoms with van der Waals surface area (Å²) in [5.74, 6) is 0.124. The van der Waals surface area contributed by atoms with Gasteiger partial charge in [-0.15, -0.1) is 0 Å². The Morgan fingerprint density at radius 3 is 2.67 bits per heavy atom. The Bertz CT molecular complexity index is 941. The predicted molar refractivity (Wildman–Crippen MR) is 105 cm³/mol. The molecule has 0 fully saturated rings. The number of fused-ring (bicyclic) bond motifs is 1. The van der Waals surface area contributed by atoms with Gasteiger partial charge in [0, 0.05) is 18.2 Å². The molecule has 0 unspecified atom stereocenters. The lowest BCUT2D eigenvalue weighted by Crippen LogP contribution is -2.27. The first-order valence-corrected chi connectivity index (χ1v) is 9.78. The first-order chi connectivity index (χ1) is 13.0. The fourth-order valence-electron chi connectivity index (χ4n) is 2.55. The Hall–Kier alpha value is -2.68. The minimum Gasteiger partial charge on any atom is -0.367 e. The van der Waals surface area contributed by atoms with Crippen LogP contribution in [0.5, 0.6) is 0 Å². The van der Waals surface area contributed by atoms with Crippen LogP contribution in [-0.4, -0.2) is 44.5 Å². The topological polar surface area (TPSA) is 84.7 Å². The van der Waals surface area contributed by atoms with E-state index >= 15 is 0 Å². The third-order valence-corrected chi connectivity index (χ3v) is 4.35. The molecule has 9 heteroatoms. The van der Waals surface area contributed by atoms with Crippen molar-refractivity contribution in [1.82, 2.24) is 25.1 Å². The van der Waals surface area contributed by atoms with Crippen molar-refractivity contribution in [1.29, 1.82) is 0 Å². The first-order valence-electron chi connectivity index (χ1n) is 8.55. The number of nitrogens with one attached hydrogen (secondary N) is 2. The summed E-state index contributed by atoms with van der Waals surface area (Å²) >= 11 is 1.46. The average Bonchev–Trinajstić information content (AvgIpc) is 3.05. The highest BCUT2D eigenvalue weighted by Crippen LogP contribution is 2.23. The van der Waals surface area contributed by atoms with Crippen molar-refractivity contribution < 1.29 is 9.18 Å². The van der Waals surface area contributed by atoms with Crippen LogP contribution in [0.15, 0.2) is 35.6 Å². The number of thioether (sulfide) groups is 1. The second-order valence-corrected chi connectivity index (χ2v) is 7.00. The van der Waals surface area contributed by atoms with Crippen LogP contribution in [0.25, 0.3) is 11.0 Å². The number of hydrogen-bond acceptors (Lipinski definition) is 6. The Labute approximate surface area is 160 Å². The van der Waals surface area contributed by atoms with Gasteiger partial charge in [-0.25, -0.2) is 19.0 Å². The van der Waals surface area contributed by atoms with Crippen molar-refractivity contribution in [3.05, 3.63) is 41.8 Å². The molecule has 0 aliphatic rings. The highest BCUT2D eigenvalue weighted by molar-refractivity contribution is 7.98. The fourth-order valence-corrected chi connectivity index (χ4v) is 2.91. The molecule has 0 atom stereocenters. The van der Waals surface area contributed by atoms with Crippen LogP contribution in [-0.2, 0) is 6.54 Å². The number of rotatable bonds is 7. The van der Waals surface area contributed by atoms with Gasteiger partial charge in [0.1, 0.15) is 11.6 Å². The van der Waals surface area contributed by atoms with Gasteiger partial charge in [-0.05, 0) is 44.4 Å². The van der Waals surface area contributed by atoms with Gasteiger partial charge in [-0.2, -0.15) is 5.10 Å². The summed E-state index contributed by atoms with van der Waals surface area (Å²) in [6.45, 7) is 4.92. The van der Waals surface area contributed by atoms with E-state index in [4.69, 9.17) is 0 Å². The zero-order valence-corrected chi connectivity index (χ0v) is 16.2. The molecule has 0 saturated heterocycles. The standard InChI is InChI=1S/C18H21FN6OS/c1-11(2)22-15-14-10-21-25(16(14)24-18(23-15)27-3)9-8-20-17(26)12-4-6-13(19)7-5-12/h4-7,10-11H,8-9H2,1-3H3,(H,20,26)(H,22,23,24). The molecular weight excluding hydrogens is 367 g/mol. The number of anilines is 1. The number of carbonyl (C=O) groups is 1. The van der Waals surface area contributed by atoms with Crippen LogP contribution in [0.2, 0.25) is 0 Å². The van der Waals surface area contributed by atoms with Crippen molar-refractivity contribution >= 4 is 34.5 Å². The molecule has 0 aliphatic carbocycles. The fraction of sp³-hybridized carbons (Fsp3) is 0.333. The largest absolute Gasteiger partial charge is 0.367 e. The quantitative estimate of drug-likeness (QED) is 0.478. The van der Waals surface area contributed by atoms with Crippen LogP contribution >= 0.6 is 11.8 Å². The van der Waals surface area contributed by atoms with Gasteiger partial charge in [0.05, 0.1) is 18.1 Å². The molecular formula is C18H21FN6OS. The highest BCUT2D eigenvalue weighted by Gasteiger charge is 2.14. The maximum atomic E-state index is 12.9. The monoisotopic (exact) mass is 388 g/mol. The molecule has 2 aromatic heterocycles. The molecule has 2 N–H and O–H groups in total.